The summed E-state index contributed by atoms with van der Waals surface area (Å²) in [5, 5.41) is 11.0. The maximum Gasteiger partial charge on any atom is 0.295 e. The minimum atomic E-state index is -0.813. The zero-order valence-corrected chi connectivity index (χ0v) is 16.4. The molecular weight excluding hydrogens is 381 g/mol. The first kappa shape index (κ1) is 19.6. The molecule has 1 heterocycles. The summed E-state index contributed by atoms with van der Waals surface area (Å²) in [6, 6.07) is 21.2. The molecule has 1 atom stereocenters. The highest BCUT2D eigenvalue weighted by Crippen LogP contribution is 2.40. The summed E-state index contributed by atoms with van der Waals surface area (Å²) in [6.07, 6.45) is 0. The molecule has 1 unspecified atom stereocenters. The molecule has 1 aliphatic rings. The molecule has 3 aromatic rings. The van der Waals surface area contributed by atoms with E-state index in [0.29, 0.717) is 11.1 Å². The van der Waals surface area contributed by atoms with Crippen LogP contribution in [0.3, 0.4) is 0 Å². The Kier molecular flexibility index (Phi) is 5.19. The molecule has 1 N–H and O–H groups in total. The topological polar surface area (TPSA) is 57.6 Å². The van der Waals surface area contributed by atoms with Gasteiger partial charge in [-0.25, -0.2) is 4.39 Å². The number of aryl methyl sites for hydroxylation is 1. The minimum Gasteiger partial charge on any atom is -0.507 e. The molecule has 3 aromatic carbocycles. The third-order valence-corrected chi connectivity index (χ3v) is 5.25. The maximum atomic E-state index is 13.5. The number of carbonyl (C=O) groups excluding carboxylic acids is 2. The van der Waals surface area contributed by atoms with Crippen LogP contribution in [0.25, 0.3) is 5.76 Å². The lowest BCUT2D eigenvalue weighted by molar-refractivity contribution is -0.140. The van der Waals surface area contributed by atoms with Gasteiger partial charge in [0.15, 0.2) is 0 Å². The third-order valence-electron chi connectivity index (χ3n) is 5.25. The first-order valence-corrected chi connectivity index (χ1v) is 9.60. The number of likely N-dealkylation sites (tertiary alicyclic amines) is 1. The molecule has 1 saturated heterocycles. The van der Waals surface area contributed by atoms with E-state index in [1.54, 1.807) is 12.1 Å². The Balaban J connectivity index is 1.85. The zero-order valence-electron chi connectivity index (χ0n) is 16.4. The molecular formula is C25H20FNO3. The monoisotopic (exact) mass is 401 g/mol. The second kappa shape index (κ2) is 7.95. The van der Waals surface area contributed by atoms with Crippen molar-refractivity contribution in [1.29, 1.82) is 0 Å². The van der Waals surface area contributed by atoms with Crippen LogP contribution >= 0.6 is 0 Å². The SMILES string of the molecule is Cc1ccc(C(O)=C2C(=O)C(=O)N(Cc3ccccc3)C2c2ccc(F)cc2)cc1. The van der Waals surface area contributed by atoms with E-state index in [-0.39, 0.29) is 17.9 Å². The predicted molar refractivity (Wildman–Crippen MR) is 112 cm³/mol. The van der Waals surface area contributed by atoms with E-state index in [2.05, 4.69) is 0 Å². The molecule has 1 fully saturated rings. The molecule has 0 aliphatic carbocycles. The number of ketones is 1. The van der Waals surface area contributed by atoms with E-state index >= 15 is 0 Å². The van der Waals surface area contributed by atoms with Gasteiger partial charge in [0.2, 0.25) is 0 Å². The second-order valence-electron chi connectivity index (χ2n) is 7.33. The van der Waals surface area contributed by atoms with Crippen LogP contribution in [0.15, 0.2) is 84.4 Å². The summed E-state index contributed by atoms with van der Waals surface area (Å²) in [5.41, 5.74) is 2.87. The lowest BCUT2D eigenvalue weighted by atomic mass is 9.95. The van der Waals surface area contributed by atoms with Crippen LogP contribution in [0.2, 0.25) is 0 Å². The zero-order chi connectivity index (χ0) is 21.3. The Hall–Kier alpha value is -3.73. The van der Waals surface area contributed by atoms with Crippen LogP contribution in [0.4, 0.5) is 4.39 Å². The van der Waals surface area contributed by atoms with Crippen LogP contribution in [0.1, 0.15) is 28.3 Å². The third kappa shape index (κ3) is 3.62. The number of benzene rings is 3. The van der Waals surface area contributed by atoms with Gasteiger partial charge in [-0.05, 0) is 30.2 Å². The van der Waals surface area contributed by atoms with Gasteiger partial charge < -0.3 is 10.0 Å². The summed E-state index contributed by atoms with van der Waals surface area (Å²) >= 11 is 0. The van der Waals surface area contributed by atoms with E-state index in [0.717, 1.165) is 11.1 Å². The number of hydrogen-bond acceptors (Lipinski definition) is 3. The Morgan fingerprint density at radius 3 is 2.20 bits per heavy atom. The smallest absolute Gasteiger partial charge is 0.295 e. The van der Waals surface area contributed by atoms with Gasteiger partial charge in [-0.15, -0.1) is 0 Å². The number of aliphatic hydroxyl groups is 1. The van der Waals surface area contributed by atoms with Crippen molar-refractivity contribution < 1.29 is 19.1 Å². The van der Waals surface area contributed by atoms with Gasteiger partial charge in [0.25, 0.3) is 11.7 Å². The highest BCUT2D eigenvalue weighted by molar-refractivity contribution is 6.46. The van der Waals surface area contributed by atoms with Crippen LogP contribution in [-0.2, 0) is 16.1 Å². The fraction of sp³-hybridized carbons (Fsp3) is 0.120. The van der Waals surface area contributed by atoms with Crippen LogP contribution < -0.4 is 0 Å². The van der Waals surface area contributed by atoms with E-state index < -0.39 is 23.5 Å². The number of rotatable bonds is 4. The molecule has 0 aromatic heterocycles. The number of aliphatic hydroxyl groups excluding tert-OH is 1. The molecule has 0 radical (unpaired) electrons. The van der Waals surface area contributed by atoms with Crippen LogP contribution in [0.5, 0.6) is 0 Å². The molecule has 4 rings (SSSR count). The standard InChI is InChI=1S/C25H20FNO3/c1-16-7-9-19(10-8-16)23(28)21-22(18-11-13-20(26)14-12-18)27(25(30)24(21)29)15-17-5-3-2-4-6-17/h2-14,22,28H,15H2,1H3. The molecule has 0 spiro atoms. The molecule has 5 heteroatoms. The predicted octanol–water partition coefficient (Wildman–Crippen LogP) is 4.76. The maximum absolute atomic E-state index is 13.5. The molecule has 1 aliphatic heterocycles. The van der Waals surface area contributed by atoms with Crippen molar-refractivity contribution in [3.05, 3.63) is 113 Å². The Morgan fingerprint density at radius 1 is 0.933 bits per heavy atom. The average molecular weight is 401 g/mol. The number of halogens is 1. The number of nitrogens with zero attached hydrogens (tertiary/aromatic N) is 1. The van der Waals surface area contributed by atoms with E-state index in [1.807, 2.05) is 49.4 Å². The van der Waals surface area contributed by atoms with Crippen molar-refractivity contribution in [2.75, 3.05) is 0 Å². The molecule has 4 nitrogen and oxygen atoms in total. The van der Waals surface area contributed by atoms with Crippen molar-refractivity contribution in [1.82, 2.24) is 4.90 Å². The fourth-order valence-electron chi connectivity index (χ4n) is 3.68. The van der Waals surface area contributed by atoms with E-state index in [1.165, 1.54) is 29.2 Å². The highest BCUT2D eigenvalue weighted by Gasteiger charge is 2.46. The molecule has 150 valence electrons. The largest absolute Gasteiger partial charge is 0.507 e. The van der Waals surface area contributed by atoms with E-state index in [9.17, 15) is 19.1 Å². The quantitative estimate of drug-likeness (QED) is 0.390. The lowest BCUT2D eigenvalue weighted by Crippen LogP contribution is -2.29. The highest BCUT2D eigenvalue weighted by atomic mass is 19.1. The summed E-state index contributed by atoms with van der Waals surface area (Å²) in [5.74, 6) is -2.10. The molecule has 0 saturated carbocycles. The first-order valence-electron chi connectivity index (χ1n) is 9.60. The van der Waals surface area contributed by atoms with Gasteiger partial charge in [0.05, 0.1) is 11.6 Å². The minimum absolute atomic E-state index is 0.00592. The number of amides is 1. The molecule has 1 amide bonds. The van der Waals surface area contributed by atoms with Crippen molar-refractivity contribution in [2.24, 2.45) is 0 Å². The number of Topliss-reactive ketones (excluding diaryl/α,β-unsaturated/α-hetero) is 1. The number of carbonyl (C=O) groups is 2. The van der Waals surface area contributed by atoms with Crippen molar-refractivity contribution in [2.45, 2.75) is 19.5 Å². The normalized spacial score (nSPS) is 18.1. The summed E-state index contributed by atoms with van der Waals surface area (Å²) in [6.45, 7) is 2.11. The second-order valence-corrected chi connectivity index (χ2v) is 7.33. The van der Waals surface area contributed by atoms with Crippen molar-refractivity contribution in [3.8, 4) is 0 Å². The van der Waals surface area contributed by atoms with Gasteiger partial charge in [0.1, 0.15) is 11.6 Å². The average Bonchev–Trinajstić information content (AvgIpc) is 3.00. The van der Waals surface area contributed by atoms with Gasteiger partial charge in [-0.1, -0.05) is 72.3 Å². The van der Waals surface area contributed by atoms with Gasteiger partial charge in [0, 0.05) is 12.1 Å². The fourth-order valence-corrected chi connectivity index (χ4v) is 3.68. The first-order chi connectivity index (χ1) is 14.5. The summed E-state index contributed by atoms with van der Waals surface area (Å²) < 4.78 is 13.5. The van der Waals surface area contributed by atoms with Crippen molar-refractivity contribution >= 4 is 17.4 Å². The number of hydrogen-bond donors (Lipinski definition) is 1. The van der Waals surface area contributed by atoms with Gasteiger partial charge in [-0.3, -0.25) is 9.59 Å². The summed E-state index contributed by atoms with van der Waals surface area (Å²) in [4.78, 5) is 27.3. The molecule has 30 heavy (non-hydrogen) atoms. The van der Waals surface area contributed by atoms with Crippen molar-refractivity contribution in [3.63, 3.8) is 0 Å². The Morgan fingerprint density at radius 2 is 1.57 bits per heavy atom. The van der Waals surface area contributed by atoms with Crippen LogP contribution in [-0.4, -0.2) is 21.7 Å². The Bertz CT molecular complexity index is 1120. The lowest BCUT2D eigenvalue weighted by Gasteiger charge is -2.25. The molecule has 0 bridgehead atoms. The van der Waals surface area contributed by atoms with Gasteiger partial charge in [-0.2, -0.15) is 0 Å². The van der Waals surface area contributed by atoms with Crippen LogP contribution in [0, 0.1) is 12.7 Å². The Labute approximate surface area is 173 Å². The van der Waals surface area contributed by atoms with E-state index in [4.69, 9.17) is 0 Å². The summed E-state index contributed by atoms with van der Waals surface area (Å²) in [7, 11) is 0. The van der Waals surface area contributed by atoms with Gasteiger partial charge >= 0.3 is 0 Å².